The van der Waals surface area contributed by atoms with Gasteiger partial charge in [-0.2, -0.15) is 0 Å². The minimum absolute atomic E-state index is 0.468. The molecule has 0 aliphatic heterocycles. The van der Waals surface area contributed by atoms with Crippen molar-refractivity contribution >= 4 is 11.0 Å². The van der Waals surface area contributed by atoms with E-state index >= 15 is 0 Å². The van der Waals surface area contributed by atoms with Crippen LogP contribution in [0.1, 0.15) is 25.0 Å². The predicted molar refractivity (Wildman–Crippen MR) is 66.1 cm³/mol. The minimum atomic E-state index is 0.468. The van der Waals surface area contributed by atoms with Gasteiger partial charge in [0, 0.05) is 30.1 Å². The Balaban J connectivity index is 2.38. The molecule has 1 aromatic carbocycles. The molecule has 86 valence electrons. The van der Waals surface area contributed by atoms with Crippen LogP contribution >= 0.6 is 0 Å². The summed E-state index contributed by atoms with van der Waals surface area (Å²) in [6.07, 6.45) is 1.82. The van der Waals surface area contributed by atoms with E-state index in [1.54, 1.807) is 0 Å². The van der Waals surface area contributed by atoms with Crippen molar-refractivity contribution in [2.75, 3.05) is 0 Å². The number of fused-ring (bicyclic) bond motifs is 1. The summed E-state index contributed by atoms with van der Waals surface area (Å²) in [5.41, 5.74) is 8.99. The first-order valence-corrected chi connectivity index (χ1v) is 5.63. The molecule has 0 radical (unpaired) electrons. The molecular weight excluding hydrogens is 200 g/mol. The number of hydrogen-bond acceptors (Lipinski definition) is 3. The van der Waals surface area contributed by atoms with Crippen molar-refractivity contribution in [1.82, 2.24) is 5.32 Å². The third kappa shape index (κ3) is 2.10. The summed E-state index contributed by atoms with van der Waals surface area (Å²) >= 11 is 0. The number of nitrogens with one attached hydrogen (secondary N) is 1. The van der Waals surface area contributed by atoms with Crippen molar-refractivity contribution in [3.05, 3.63) is 35.6 Å². The number of hydrogen-bond donors (Lipinski definition) is 2. The van der Waals surface area contributed by atoms with Crippen molar-refractivity contribution in [3.63, 3.8) is 0 Å². The van der Waals surface area contributed by atoms with Crippen LogP contribution in [0.25, 0.3) is 11.0 Å². The Hall–Kier alpha value is -1.32. The highest BCUT2D eigenvalue weighted by Crippen LogP contribution is 2.24. The second-order valence-corrected chi connectivity index (χ2v) is 4.29. The highest BCUT2D eigenvalue weighted by Gasteiger charge is 2.09. The summed E-state index contributed by atoms with van der Waals surface area (Å²) in [5, 5.41) is 4.56. The van der Waals surface area contributed by atoms with Gasteiger partial charge in [0.25, 0.3) is 0 Å². The summed E-state index contributed by atoms with van der Waals surface area (Å²) in [6.45, 7) is 5.63. The van der Waals surface area contributed by atoms with Gasteiger partial charge in [-0.25, -0.2) is 0 Å². The van der Waals surface area contributed by atoms with E-state index in [-0.39, 0.29) is 0 Å². The molecule has 3 heteroatoms. The Labute approximate surface area is 95.6 Å². The second kappa shape index (κ2) is 4.68. The van der Waals surface area contributed by atoms with Crippen LogP contribution in [0.4, 0.5) is 0 Å². The third-order valence-corrected chi connectivity index (χ3v) is 2.68. The fourth-order valence-electron chi connectivity index (χ4n) is 1.85. The van der Waals surface area contributed by atoms with Gasteiger partial charge in [-0.1, -0.05) is 26.0 Å². The Morgan fingerprint density at radius 1 is 1.31 bits per heavy atom. The van der Waals surface area contributed by atoms with E-state index in [1.165, 1.54) is 5.56 Å². The highest BCUT2D eigenvalue weighted by molar-refractivity contribution is 5.84. The molecule has 2 rings (SSSR count). The zero-order chi connectivity index (χ0) is 11.5. The van der Waals surface area contributed by atoms with Gasteiger partial charge >= 0.3 is 0 Å². The van der Waals surface area contributed by atoms with Gasteiger partial charge in [-0.3, -0.25) is 0 Å². The number of benzene rings is 1. The maximum absolute atomic E-state index is 5.74. The first-order chi connectivity index (χ1) is 7.72. The lowest BCUT2D eigenvalue weighted by Gasteiger charge is -2.07. The molecule has 2 aromatic rings. The van der Waals surface area contributed by atoms with E-state index < -0.39 is 0 Å². The quantitative estimate of drug-likeness (QED) is 0.828. The molecule has 0 atom stereocenters. The van der Waals surface area contributed by atoms with Crippen LogP contribution in [0, 0.1) is 0 Å². The molecule has 0 saturated heterocycles. The predicted octanol–water partition coefficient (Wildman–Crippen LogP) is 2.39. The van der Waals surface area contributed by atoms with E-state index in [0.29, 0.717) is 12.6 Å². The third-order valence-electron chi connectivity index (χ3n) is 2.68. The zero-order valence-corrected chi connectivity index (χ0v) is 9.79. The molecule has 0 fully saturated rings. The van der Waals surface area contributed by atoms with Crippen molar-refractivity contribution in [1.29, 1.82) is 0 Å². The van der Waals surface area contributed by atoms with Gasteiger partial charge in [0.2, 0.25) is 0 Å². The highest BCUT2D eigenvalue weighted by atomic mass is 16.3. The number of nitrogens with two attached hydrogens (primary N) is 1. The summed E-state index contributed by atoms with van der Waals surface area (Å²) in [6, 6.07) is 6.48. The Kier molecular flexibility index (Phi) is 3.27. The van der Waals surface area contributed by atoms with E-state index in [9.17, 15) is 0 Å². The molecule has 1 heterocycles. The van der Waals surface area contributed by atoms with Crippen LogP contribution in [0.5, 0.6) is 0 Å². The van der Waals surface area contributed by atoms with E-state index in [1.807, 2.05) is 18.4 Å². The molecule has 0 amide bonds. The Morgan fingerprint density at radius 3 is 2.81 bits per heavy atom. The van der Waals surface area contributed by atoms with E-state index in [2.05, 4.69) is 25.2 Å². The number of furan rings is 1. The van der Waals surface area contributed by atoms with Crippen molar-refractivity contribution in [2.24, 2.45) is 5.73 Å². The largest absolute Gasteiger partial charge is 0.464 e. The van der Waals surface area contributed by atoms with Crippen LogP contribution in [0.2, 0.25) is 0 Å². The molecule has 0 aliphatic rings. The van der Waals surface area contributed by atoms with Gasteiger partial charge in [-0.05, 0) is 11.6 Å². The first kappa shape index (κ1) is 11.2. The summed E-state index contributed by atoms with van der Waals surface area (Å²) < 4.78 is 5.53. The standard InChI is InChI=1S/C13H18N2O/c1-9(2)15-7-11-8-16-12-5-3-4-10(6-14)13(11)12/h3-5,8-9,15H,6-7,14H2,1-2H3. The Morgan fingerprint density at radius 2 is 2.12 bits per heavy atom. The van der Waals surface area contributed by atoms with Crippen LogP contribution in [0.15, 0.2) is 28.9 Å². The van der Waals surface area contributed by atoms with Crippen molar-refractivity contribution in [2.45, 2.75) is 33.0 Å². The summed E-state index contributed by atoms with van der Waals surface area (Å²) in [4.78, 5) is 0. The smallest absolute Gasteiger partial charge is 0.134 e. The maximum atomic E-state index is 5.74. The Bertz CT molecular complexity index is 474. The lowest BCUT2D eigenvalue weighted by Crippen LogP contribution is -2.21. The molecule has 0 unspecified atom stereocenters. The van der Waals surface area contributed by atoms with Crippen LogP contribution in [-0.2, 0) is 13.1 Å². The zero-order valence-electron chi connectivity index (χ0n) is 9.79. The minimum Gasteiger partial charge on any atom is -0.464 e. The first-order valence-electron chi connectivity index (χ1n) is 5.63. The monoisotopic (exact) mass is 218 g/mol. The fraction of sp³-hybridized carbons (Fsp3) is 0.385. The van der Waals surface area contributed by atoms with Crippen LogP contribution < -0.4 is 11.1 Å². The lowest BCUT2D eigenvalue weighted by molar-refractivity contribution is 0.572. The molecule has 0 saturated carbocycles. The van der Waals surface area contributed by atoms with Crippen molar-refractivity contribution in [3.8, 4) is 0 Å². The van der Waals surface area contributed by atoms with Gasteiger partial charge in [0.1, 0.15) is 5.58 Å². The van der Waals surface area contributed by atoms with Gasteiger partial charge < -0.3 is 15.5 Å². The van der Waals surface area contributed by atoms with Crippen LogP contribution in [-0.4, -0.2) is 6.04 Å². The lowest BCUT2D eigenvalue weighted by atomic mass is 10.1. The van der Waals surface area contributed by atoms with E-state index in [4.69, 9.17) is 10.2 Å². The molecule has 0 aliphatic carbocycles. The number of rotatable bonds is 4. The van der Waals surface area contributed by atoms with Gasteiger partial charge in [0.15, 0.2) is 0 Å². The second-order valence-electron chi connectivity index (χ2n) is 4.29. The molecule has 0 spiro atoms. The summed E-state index contributed by atoms with van der Waals surface area (Å²) in [5.74, 6) is 0. The average Bonchev–Trinajstić information content (AvgIpc) is 2.69. The van der Waals surface area contributed by atoms with Crippen LogP contribution in [0.3, 0.4) is 0 Å². The SMILES string of the molecule is CC(C)NCc1coc2cccc(CN)c12. The molecule has 0 bridgehead atoms. The van der Waals surface area contributed by atoms with E-state index in [0.717, 1.165) is 23.1 Å². The topological polar surface area (TPSA) is 51.2 Å². The fourth-order valence-corrected chi connectivity index (χ4v) is 1.85. The molecular formula is C13H18N2O. The molecule has 1 aromatic heterocycles. The maximum Gasteiger partial charge on any atom is 0.134 e. The van der Waals surface area contributed by atoms with Crippen molar-refractivity contribution < 1.29 is 4.42 Å². The normalized spacial score (nSPS) is 11.5. The van der Waals surface area contributed by atoms with Gasteiger partial charge in [-0.15, -0.1) is 0 Å². The molecule has 3 nitrogen and oxygen atoms in total. The molecule has 16 heavy (non-hydrogen) atoms. The van der Waals surface area contributed by atoms with Gasteiger partial charge in [0.05, 0.1) is 6.26 Å². The average molecular weight is 218 g/mol. The summed E-state index contributed by atoms with van der Waals surface area (Å²) in [7, 11) is 0. The molecule has 3 N–H and O–H groups in total.